The van der Waals surface area contributed by atoms with Gasteiger partial charge in [0.25, 0.3) is 0 Å². The summed E-state index contributed by atoms with van der Waals surface area (Å²) < 4.78 is 0. The van der Waals surface area contributed by atoms with Crippen molar-refractivity contribution in [2.24, 2.45) is 0 Å². The average molecular weight is 569 g/mol. The topological polar surface area (TPSA) is 0 Å². The Balaban J connectivity index is 0.00000131. The van der Waals surface area contributed by atoms with Crippen LogP contribution in [0.3, 0.4) is 0 Å². The molecule has 0 saturated carbocycles. The number of hydrogen-bond acceptors (Lipinski definition) is 4. The van der Waals surface area contributed by atoms with Gasteiger partial charge in [0, 0.05) is 34.1 Å². The fraction of sp³-hybridized carbons (Fsp3) is 0. The molecule has 0 unspecified atom stereocenters. The van der Waals surface area contributed by atoms with Crippen molar-refractivity contribution >= 4 is 49.0 Å². The fourth-order valence-electron chi connectivity index (χ4n) is 2.40. The molecule has 0 radical (unpaired) electrons. The zero-order valence-corrected chi connectivity index (χ0v) is 21.7. The molecule has 144 valence electrons. The van der Waals surface area contributed by atoms with Gasteiger partial charge >= 0.3 is 166 Å². The minimum atomic E-state index is -2.58. The third-order valence-electron chi connectivity index (χ3n) is 3.50. The molecular formula is C20H16Fe2GeS4-4. The predicted octanol–water partition coefficient (Wildman–Crippen LogP) is 7.46. The summed E-state index contributed by atoms with van der Waals surface area (Å²) in [5.41, 5.74) is 0. The first-order valence-corrected chi connectivity index (χ1v) is 21.5. The van der Waals surface area contributed by atoms with Gasteiger partial charge in [0.05, 0.1) is 0 Å². The van der Waals surface area contributed by atoms with Crippen molar-refractivity contribution < 1.29 is 34.1 Å². The Kier molecular flexibility index (Phi) is 10.1. The van der Waals surface area contributed by atoms with E-state index in [1.165, 1.54) is 19.6 Å². The summed E-state index contributed by atoms with van der Waals surface area (Å²) in [5, 5.41) is 0. The molecule has 4 aromatic carbocycles. The van der Waals surface area contributed by atoms with E-state index in [2.05, 4.69) is 137 Å². The SMILES string of the molecule is [Fe].[Fe].c1cc([S][Ge]([S]c2cc[cH-]c2)([S]c2cc[cH-]c2)[S]c2cc[cH-]c2)c[cH-]1. The van der Waals surface area contributed by atoms with Gasteiger partial charge in [0.1, 0.15) is 0 Å². The summed E-state index contributed by atoms with van der Waals surface area (Å²) in [6, 6.07) is 35.1. The monoisotopic (exact) mass is 570 g/mol. The Labute approximate surface area is 197 Å². The van der Waals surface area contributed by atoms with Crippen molar-refractivity contribution in [2.45, 2.75) is 19.6 Å². The van der Waals surface area contributed by atoms with E-state index in [0.717, 1.165) is 0 Å². The Bertz CT molecular complexity index is 703. The van der Waals surface area contributed by atoms with Crippen molar-refractivity contribution in [1.29, 1.82) is 0 Å². The first kappa shape index (κ1) is 23.7. The normalized spacial score (nSPS) is 11.0. The Hall–Kier alpha value is 0.382. The van der Waals surface area contributed by atoms with E-state index in [1.54, 1.807) is 0 Å². The van der Waals surface area contributed by atoms with Gasteiger partial charge in [-0.1, -0.05) is 0 Å². The van der Waals surface area contributed by atoms with Crippen LogP contribution in [0.5, 0.6) is 0 Å². The summed E-state index contributed by atoms with van der Waals surface area (Å²) in [4.78, 5) is 5.55. The molecule has 0 heterocycles. The van der Waals surface area contributed by atoms with Crippen molar-refractivity contribution in [2.75, 3.05) is 0 Å². The molecule has 4 aromatic rings. The molecule has 0 nitrogen and oxygen atoms in total. The first-order valence-electron chi connectivity index (χ1n) is 7.94. The van der Waals surface area contributed by atoms with Crippen LogP contribution in [0.1, 0.15) is 0 Å². The van der Waals surface area contributed by atoms with E-state index in [1.807, 2.05) is 0 Å². The second kappa shape index (κ2) is 11.5. The molecule has 0 amide bonds. The van der Waals surface area contributed by atoms with Crippen LogP contribution in [0.2, 0.25) is 0 Å². The molecule has 27 heavy (non-hydrogen) atoms. The molecule has 0 aliphatic rings. The Morgan fingerprint density at radius 1 is 0.481 bits per heavy atom. The van der Waals surface area contributed by atoms with Gasteiger partial charge in [-0.05, 0) is 0 Å². The van der Waals surface area contributed by atoms with Gasteiger partial charge in [0.2, 0.25) is 0 Å². The summed E-state index contributed by atoms with van der Waals surface area (Å²) >= 11 is 0. The average Bonchev–Trinajstić information content (AvgIpc) is 3.37. The van der Waals surface area contributed by atoms with E-state index in [4.69, 9.17) is 0 Å². The molecule has 0 saturated heterocycles. The van der Waals surface area contributed by atoms with Crippen LogP contribution in [-0.4, -0.2) is 8.70 Å². The van der Waals surface area contributed by atoms with Gasteiger partial charge < -0.3 is 0 Å². The standard InChI is InChI=1S/C20H16GeS4.2Fe/c1-2-10-17(9-1)22-21(23-18-11-3-4-12-18,24-19-13-5-6-14-19)25-20-15-7-8-16-20;;/h1-16H;;/q-4;;. The minimum absolute atomic E-state index is 0. The van der Waals surface area contributed by atoms with Crippen LogP contribution in [0.15, 0.2) is 117 Å². The van der Waals surface area contributed by atoms with Gasteiger partial charge in [-0.3, -0.25) is 0 Å². The second-order valence-electron chi connectivity index (χ2n) is 5.39. The third kappa shape index (κ3) is 6.70. The van der Waals surface area contributed by atoms with Crippen molar-refractivity contribution in [3.63, 3.8) is 0 Å². The number of hydrogen-bond donors (Lipinski definition) is 0. The molecule has 0 spiro atoms. The first-order chi connectivity index (χ1) is 12.3. The van der Waals surface area contributed by atoms with Crippen molar-refractivity contribution in [3.05, 3.63) is 97.1 Å². The molecule has 4 rings (SSSR count). The molecule has 0 aliphatic heterocycles. The van der Waals surface area contributed by atoms with Crippen LogP contribution < -0.4 is 0 Å². The third-order valence-corrected chi connectivity index (χ3v) is 34.3. The number of rotatable bonds is 8. The van der Waals surface area contributed by atoms with Gasteiger partial charge in [-0.25, -0.2) is 0 Å². The van der Waals surface area contributed by atoms with Crippen molar-refractivity contribution in [3.8, 4) is 0 Å². The summed E-state index contributed by atoms with van der Waals surface area (Å²) in [6.07, 6.45) is 0. The van der Waals surface area contributed by atoms with Crippen LogP contribution in [0.4, 0.5) is 0 Å². The van der Waals surface area contributed by atoms with E-state index in [0.29, 0.717) is 0 Å². The molecule has 0 bridgehead atoms. The molecule has 0 aromatic heterocycles. The zero-order valence-electron chi connectivity index (χ0n) is 14.1. The van der Waals surface area contributed by atoms with Crippen molar-refractivity contribution in [1.82, 2.24) is 0 Å². The molecule has 7 heteroatoms. The summed E-state index contributed by atoms with van der Waals surface area (Å²) in [5.74, 6) is 0. The fourth-order valence-corrected chi connectivity index (χ4v) is 39.1. The quantitative estimate of drug-likeness (QED) is 0.160. The molecule has 0 aliphatic carbocycles. The summed E-state index contributed by atoms with van der Waals surface area (Å²) in [7, 11) is 5.87. The van der Waals surface area contributed by atoms with E-state index in [9.17, 15) is 0 Å². The van der Waals surface area contributed by atoms with Crippen LogP contribution >= 0.6 is 40.3 Å². The summed E-state index contributed by atoms with van der Waals surface area (Å²) in [6.45, 7) is 0. The van der Waals surface area contributed by atoms with Gasteiger partial charge in [-0.2, -0.15) is 0 Å². The van der Waals surface area contributed by atoms with Gasteiger partial charge in [0.15, 0.2) is 0 Å². The Morgan fingerprint density at radius 3 is 0.926 bits per heavy atom. The predicted molar refractivity (Wildman–Crippen MR) is 117 cm³/mol. The van der Waals surface area contributed by atoms with Crippen LogP contribution in [0, 0.1) is 0 Å². The maximum absolute atomic E-state index is 2.58. The maximum atomic E-state index is 2.24. The van der Waals surface area contributed by atoms with Crippen LogP contribution in [0.25, 0.3) is 0 Å². The van der Waals surface area contributed by atoms with E-state index >= 15 is 0 Å². The van der Waals surface area contributed by atoms with Gasteiger partial charge in [-0.15, -0.1) is 0 Å². The van der Waals surface area contributed by atoms with E-state index in [-0.39, 0.29) is 34.1 Å². The molecular weight excluding hydrogens is 553 g/mol. The van der Waals surface area contributed by atoms with E-state index < -0.39 is 8.70 Å². The Morgan fingerprint density at radius 2 is 0.741 bits per heavy atom. The zero-order chi connectivity index (χ0) is 17.0. The second-order valence-corrected chi connectivity index (χ2v) is 36.1. The molecule has 0 N–H and O–H groups in total. The van der Waals surface area contributed by atoms with Crippen LogP contribution in [-0.2, 0) is 34.1 Å². The molecule has 0 fully saturated rings. The molecule has 0 atom stereocenters.